The van der Waals surface area contributed by atoms with E-state index < -0.39 is 0 Å². The molecule has 108 valence electrons. The number of nitrogens with two attached hydrogens (primary N) is 1. The summed E-state index contributed by atoms with van der Waals surface area (Å²) in [6.07, 6.45) is 9.99. The van der Waals surface area contributed by atoms with Crippen LogP contribution in [0.2, 0.25) is 5.02 Å². The number of benzene rings is 1. The van der Waals surface area contributed by atoms with E-state index in [1.807, 2.05) is 18.2 Å². The molecule has 1 aromatic carbocycles. The van der Waals surface area contributed by atoms with Crippen molar-refractivity contribution in [3.8, 4) is 0 Å². The van der Waals surface area contributed by atoms with E-state index in [0.717, 1.165) is 29.2 Å². The van der Waals surface area contributed by atoms with E-state index in [-0.39, 0.29) is 6.04 Å². The van der Waals surface area contributed by atoms with Crippen LogP contribution in [0.5, 0.6) is 0 Å². The molecular weight excluding hydrogens is 266 g/mol. The van der Waals surface area contributed by atoms with Gasteiger partial charge in [-0.3, -0.25) is 0 Å². The summed E-state index contributed by atoms with van der Waals surface area (Å²) in [5.41, 5.74) is 8.29. The summed E-state index contributed by atoms with van der Waals surface area (Å²) < 4.78 is 0. The molecule has 4 bridgehead atoms. The molecule has 1 unspecified atom stereocenters. The maximum Gasteiger partial charge on any atom is 0.0409 e. The summed E-state index contributed by atoms with van der Waals surface area (Å²) in [7, 11) is 0. The average Bonchev–Trinajstić information content (AvgIpc) is 2.36. The molecule has 0 aliphatic heterocycles. The van der Waals surface area contributed by atoms with Crippen molar-refractivity contribution in [2.24, 2.45) is 28.9 Å². The van der Waals surface area contributed by atoms with Crippen molar-refractivity contribution in [1.82, 2.24) is 0 Å². The third-order valence-corrected chi connectivity index (χ3v) is 6.33. The zero-order chi connectivity index (χ0) is 13.7. The van der Waals surface area contributed by atoms with E-state index in [2.05, 4.69) is 6.07 Å². The fraction of sp³-hybridized carbons (Fsp3) is 0.667. The van der Waals surface area contributed by atoms with Crippen molar-refractivity contribution in [3.63, 3.8) is 0 Å². The molecule has 0 radical (unpaired) electrons. The van der Waals surface area contributed by atoms with Crippen LogP contribution in [0.3, 0.4) is 0 Å². The van der Waals surface area contributed by atoms with Crippen LogP contribution in [0.15, 0.2) is 24.3 Å². The van der Waals surface area contributed by atoms with E-state index in [1.54, 1.807) is 0 Å². The Morgan fingerprint density at radius 1 is 1.10 bits per heavy atom. The highest BCUT2D eigenvalue weighted by Crippen LogP contribution is 2.62. The molecule has 2 N–H and O–H groups in total. The molecule has 0 saturated heterocycles. The van der Waals surface area contributed by atoms with Crippen LogP contribution >= 0.6 is 11.6 Å². The van der Waals surface area contributed by atoms with Gasteiger partial charge in [0.05, 0.1) is 0 Å². The quantitative estimate of drug-likeness (QED) is 0.837. The van der Waals surface area contributed by atoms with E-state index in [9.17, 15) is 0 Å². The number of hydrogen-bond donors (Lipinski definition) is 1. The smallest absolute Gasteiger partial charge is 0.0409 e. The Morgan fingerprint density at radius 3 is 2.25 bits per heavy atom. The van der Waals surface area contributed by atoms with Gasteiger partial charge in [-0.1, -0.05) is 23.7 Å². The number of hydrogen-bond acceptors (Lipinski definition) is 1. The van der Waals surface area contributed by atoms with Crippen molar-refractivity contribution < 1.29 is 0 Å². The van der Waals surface area contributed by atoms with Crippen LogP contribution in [0.25, 0.3) is 0 Å². The predicted octanol–water partition coefficient (Wildman–Crippen LogP) is 4.95. The maximum atomic E-state index is 6.53. The lowest BCUT2D eigenvalue weighted by atomic mass is 9.48. The first-order valence-electron chi connectivity index (χ1n) is 8.13. The summed E-state index contributed by atoms with van der Waals surface area (Å²) in [4.78, 5) is 0. The SMILES string of the molecule is NC(CC12CC3CC(CC(C3)C1)C2)c1cccc(Cl)c1. The van der Waals surface area contributed by atoms with Gasteiger partial charge in [0.1, 0.15) is 0 Å². The lowest BCUT2D eigenvalue weighted by molar-refractivity contribution is -0.0605. The molecule has 4 saturated carbocycles. The molecule has 2 heteroatoms. The van der Waals surface area contributed by atoms with Crippen LogP contribution < -0.4 is 5.73 Å². The average molecular weight is 290 g/mol. The third-order valence-electron chi connectivity index (χ3n) is 6.09. The van der Waals surface area contributed by atoms with Gasteiger partial charge in [0.15, 0.2) is 0 Å². The van der Waals surface area contributed by atoms with Crippen molar-refractivity contribution in [2.75, 3.05) is 0 Å². The second-order valence-electron chi connectivity index (χ2n) is 7.78. The van der Waals surface area contributed by atoms with Crippen molar-refractivity contribution in [3.05, 3.63) is 34.9 Å². The molecule has 0 amide bonds. The number of rotatable bonds is 3. The Morgan fingerprint density at radius 2 is 1.70 bits per heavy atom. The van der Waals surface area contributed by atoms with Gasteiger partial charge in [0, 0.05) is 11.1 Å². The highest BCUT2D eigenvalue weighted by Gasteiger charge is 2.51. The minimum absolute atomic E-state index is 0.157. The fourth-order valence-corrected chi connectivity index (χ4v) is 6.06. The minimum atomic E-state index is 0.157. The summed E-state index contributed by atoms with van der Waals surface area (Å²) >= 11 is 6.11. The molecule has 4 aliphatic rings. The Labute approximate surface area is 126 Å². The van der Waals surface area contributed by atoms with Crippen LogP contribution in [0, 0.1) is 23.2 Å². The molecule has 0 aromatic heterocycles. The first-order valence-corrected chi connectivity index (χ1v) is 8.51. The second-order valence-corrected chi connectivity index (χ2v) is 8.22. The van der Waals surface area contributed by atoms with Gasteiger partial charge in [-0.05, 0) is 85.8 Å². The molecule has 20 heavy (non-hydrogen) atoms. The Hall–Kier alpha value is -0.530. The second kappa shape index (κ2) is 4.74. The lowest BCUT2D eigenvalue weighted by Gasteiger charge is -2.57. The van der Waals surface area contributed by atoms with Gasteiger partial charge in [-0.25, -0.2) is 0 Å². The predicted molar refractivity (Wildman–Crippen MR) is 83.6 cm³/mol. The molecule has 4 fully saturated rings. The van der Waals surface area contributed by atoms with E-state index in [1.165, 1.54) is 44.1 Å². The van der Waals surface area contributed by atoms with Crippen LogP contribution in [0.1, 0.15) is 56.6 Å². The lowest BCUT2D eigenvalue weighted by Crippen LogP contribution is -2.47. The molecule has 1 nitrogen and oxygen atoms in total. The normalized spacial score (nSPS) is 40.0. The monoisotopic (exact) mass is 289 g/mol. The zero-order valence-corrected chi connectivity index (χ0v) is 12.8. The molecule has 5 rings (SSSR count). The van der Waals surface area contributed by atoms with Crippen molar-refractivity contribution in [1.29, 1.82) is 0 Å². The first kappa shape index (κ1) is 13.2. The van der Waals surface area contributed by atoms with Gasteiger partial charge < -0.3 is 5.73 Å². The molecule has 1 aromatic rings. The van der Waals surface area contributed by atoms with E-state index in [4.69, 9.17) is 17.3 Å². The Bertz CT molecular complexity index is 475. The van der Waals surface area contributed by atoms with Crippen LogP contribution in [-0.4, -0.2) is 0 Å². The molecule has 4 aliphatic carbocycles. The van der Waals surface area contributed by atoms with Crippen LogP contribution in [-0.2, 0) is 0 Å². The van der Waals surface area contributed by atoms with Gasteiger partial charge in [0.25, 0.3) is 0 Å². The van der Waals surface area contributed by atoms with Gasteiger partial charge in [-0.2, -0.15) is 0 Å². The van der Waals surface area contributed by atoms with Crippen molar-refractivity contribution in [2.45, 2.75) is 51.0 Å². The summed E-state index contributed by atoms with van der Waals surface area (Å²) in [6, 6.07) is 8.30. The van der Waals surface area contributed by atoms with Crippen molar-refractivity contribution >= 4 is 11.6 Å². The molecule has 0 spiro atoms. The largest absolute Gasteiger partial charge is 0.324 e. The Balaban J connectivity index is 1.53. The van der Waals surface area contributed by atoms with Gasteiger partial charge >= 0.3 is 0 Å². The maximum absolute atomic E-state index is 6.53. The minimum Gasteiger partial charge on any atom is -0.324 e. The number of halogens is 1. The summed E-state index contributed by atoms with van der Waals surface area (Å²) in [5, 5.41) is 0.809. The first-order chi connectivity index (χ1) is 9.62. The zero-order valence-electron chi connectivity index (χ0n) is 12.0. The van der Waals surface area contributed by atoms with E-state index in [0.29, 0.717) is 5.41 Å². The van der Waals surface area contributed by atoms with Crippen LogP contribution in [0.4, 0.5) is 0 Å². The molecule has 0 heterocycles. The van der Waals surface area contributed by atoms with E-state index >= 15 is 0 Å². The molecule has 1 atom stereocenters. The Kier molecular flexibility index (Phi) is 3.12. The third kappa shape index (κ3) is 2.29. The standard InChI is InChI=1S/C18H24ClN/c19-16-3-1-2-15(7-16)17(20)11-18-8-12-4-13(9-18)6-14(5-12)10-18/h1-3,7,12-14,17H,4-6,8-11,20H2. The highest BCUT2D eigenvalue weighted by atomic mass is 35.5. The summed E-state index contributed by atoms with van der Waals surface area (Å²) in [5.74, 6) is 3.02. The molecular formula is C18H24ClN. The topological polar surface area (TPSA) is 26.0 Å². The van der Waals surface area contributed by atoms with Gasteiger partial charge in [0.2, 0.25) is 0 Å². The van der Waals surface area contributed by atoms with Gasteiger partial charge in [-0.15, -0.1) is 0 Å². The summed E-state index contributed by atoms with van der Waals surface area (Å²) in [6.45, 7) is 0. The highest BCUT2D eigenvalue weighted by molar-refractivity contribution is 6.30. The fourth-order valence-electron chi connectivity index (χ4n) is 5.86.